The molecule has 0 spiro atoms. The zero-order valence-corrected chi connectivity index (χ0v) is 24.4. The molecule has 0 aromatic carbocycles. The maximum absolute atomic E-state index is 13.4. The number of ether oxygens (including phenoxy) is 3. The Morgan fingerprint density at radius 3 is 1.81 bits per heavy atom. The lowest BCUT2D eigenvalue weighted by molar-refractivity contribution is -0.242. The number of carbonyl (C=O) groups excluding carboxylic acids is 1. The van der Waals surface area contributed by atoms with Crippen molar-refractivity contribution in [2.45, 2.75) is 114 Å². The van der Waals surface area contributed by atoms with Crippen LogP contribution in [0.15, 0.2) is 0 Å². The minimum absolute atomic E-state index is 0.0278. The van der Waals surface area contributed by atoms with Gasteiger partial charge in [-0.3, -0.25) is 4.79 Å². The summed E-state index contributed by atoms with van der Waals surface area (Å²) in [5.41, 5.74) is -1.20. The van der Waals surface area contributed by atoms with Gasteiger partial charge in [0, 0.05) is 14.2 Å². The summed E-state index contributed by atoms with van der Waals surface area (Å²) in [7, 11) is -1.34. The van der Waals surface area contributed by atoms with Crippen LogP contribution >= 0.6 is 0 Å². The number of hydrogen-bond donors (Lipinski definition) is 1. The van der Waals surface area contributed by atoms with Gasteiger partial charge in [0.15, 0.2) is 22.4 Å². The molecular formula is C23H46O7Si2. The Morgan fingerprint density at radius 2 is 1.41 bits per heavy atom. The first-order valence-electron chi connectivity index (χ1n) is 11.5. The number of Topliss-reactive ketones (excluding diaryl/α,β-unsaturated/α-hetero) is 1. The molecule has 1 N–H and O–H groups in total. The maximum Gasteiger partial charge on any atom is 0.224 e. The van der Waals surface area contributed by atoms with E-state index in [9.17, 15) is 9.90 Å². The standard InChI is InChI=1S/C23H46O7Si2/c1-20(2,3)31(10,11)28-14-23-15(18(24)22(7,25)30-23)16(26-8)17(27-9)19(23)29-32(12,13)21(4,5)6/h15-17,19,25H,14H2,1-13H3/t15-,16+,17-,19+,22+,23+/m1/s1. The minimum atomic E-state index is -2.31. The summed E-state index contributed by atoms with van der Waals surface area (Å²) < 4.78 is 31.4. The summed E-state index contributed by atoms with van der Waals surface area (Å²) in [6.45, 7) is 23.2. The average Bonchev–Trinajstić information content (AvgIpc) is 2.97. The quantitative estimate of drug-likeness (QED) is 0.538. The molecule has 7 nitrogen and oxygen atoms in total. The number of methoxy groups -OCH3 is 2. The Hall–Kier alpha value is -0.136. The molecule has 2 aliphatic rings. The van der Waals surface area contributed by atoms with Gasteiger partial charge >= 0.3 is 0 Å². The van der Waals surface area contributed by atoms with Crippen molar-refractivity contribution in [3.05, 3.63) is 0 Å². The van der Waals surface area contributed by atoms with Crippen molar-refractivity contribution in [2.24, 2.45) is 5.92 Å². The third-order valence-electron chi connectivity index (χ3n) is 8.32. The summed E-state index contributed by atoms with van der Waals surface area (Å²) in [6, 6.07) is 0. The second kappa shape index (κ2) is 8.51. The van der Waals surface area contributed by atoms with E-state index < -0.39 is 58.0 Å². The highest BCUT2D eigenvalue weighted by molar-refractivity contribution is 6.74. The van der Waals surface area contributed by atoms with Crippen molar-refractivity contribution >= 4 is 22.4 Å². The molecule has 32 heavy (non-hydrogen) atoms. The van der Waals surface area contributed by atoms with Crippen LogP contribution in [0.1, 0.15) is 48.5 Å². The first kappa shape index (κ1) is 28.1. The van der Waals surface area contributed by atoms with Gasteiger partial charge in [0.2, 0.25) is 5.79 Å². The van der Waals surface area contributed by atoms with Gasteiger partial charge in [-0.25, -0.2) is 0 Å². The van der Waals surface area contributed by atoms with Gasteiger partial charge in [-0.15, -0.1) is 0 Å². The Balaban J connectivity index is 2.62. The smallest absolute Gasteiger partial charge is 0.224 e. The van der Waals surface area contributed by atoms with E-state index in [2.05, 4.69) is 67.7 Å². The summed E-state index contributed by atoms with van der Waals surface area (Å²) in [6.07, 6.45) is -1.76. The Labute approximate surface area is 196 Å². The predicted octanol–water partition coefficient (Wildman–Crippen LogP) is 4.11. The van der Waals surface area contributed by atoms with Crippen LogP contribution in [-0.2, 0) is 27.9 Å². The third-order valence-corrected chi connectivity index (χ3v) is 17.3. The predicted molar refractivity (Wildman–Crippen MR) is 130 cm³/mol. The summed E-state index contributed by atoms with van der Waals surface area (Å²) in [5.74, 6) is -3.11. The molecule has 1 aliphatic carbocycles. The molecular weight excluding hydrogens is 444 g/mol. The molecule has 1 saturated carbocycles. The van der Waals surface area contributed by atoms with Crippen LogP contribution in [0.4, 0.5) is 0 Å². The van der Waals surface area contributed by atoms with Gasteiger partial charge in [0.05, 0.1) is 18.6 Å². The van der Waals surface area contributed by atoms with Crippen LogP contribution in [0.5, 0.6) is 0 Å². The van der Waals surface area contributed by atoms with E-state index in [4.69, 9.17) is 23.1 Å². The molecule has 0 bridgehead atoms. The van der Waals surface area contributed by atoms with E-state index in [1.165, 1.54) is 6.92 Å². The van der Waals surface area contributed by atoms with Gasteiger partial charge in [0.1, 0.15) is 17.8 Å². The lowest BCUT2D eigenvalue weighted by Gasteiger charge is -2.46. The highest BCUT2D eigenvalue weighted by Gasteiger charge is 2.74. The number of aliphatic hydroxyl groups is 1. The van der Waals surface area contributed by atoms with Crippen LogP contribution in [0.2, 0.25) is 36.3 Å². The Kier molecular flexibility index (Phi) is 7.48. The van der Waals surface area contributed by atoms with E-state index >= 15 is 0 Å². The van der Waals surface area contributed by atoms with Gasteiger partial charge in [-0.05, 0) is 43.2 Å². The monoisotopic (exact) mass is 490 g/mol. The van der Waals surface area contributed by atoms with Crippen LogP contribution < -0.4 is 0 Å². The summed E-state index contributed by atoms with van der Waals surface area (Å²) >= 11 is 0. The lowest BCUT2D eigenvalue weighted by atomic mass is 9.87. The number of carbonyl (C=O) groups is 1. The van der Waals surface area contributed by atoms with Crippen molar-refractivity contribution < 1.29 is 33.0 Å². The molecule has 2 fully saturated rings. The van der Waals surface area contributed by atoms with E-state index in [1.54, 1.807) is 14.2 Å². The molecule has 9 heteroatoms. The topological polar surface area (TPSA) is 83.5 Å². The molecule has 0 aromatic rings. The van der Waals surface area contributed by atoms with Crippen molar-refractivity contribution in [3.8, 4) is 0 Å². The van der Waals surface area contributed by atoms with Crippen LogP contribution in [0.3, 0.4) is 0 Å². The largest absolute Gasteiger partial charge is 0.414 e. The number of fused-ring (bicyclic) bond motifs is 1. The fourth-order valence-electron chi connectivity index (χ4n) is 4.20. The molecule has 0 radical (unpaired) electrons. The molecule has 2 rings (SSSR count). The highest BCUT2D eigenvalue weighted by atomic mass is 28.4. The average molecular weight is 491 g/mol. The summed E-state index contributed by atoms with van der Waals surface area (Å²) in [5, 5.41) is 10.8. The van der Waals surface area contributed by atoms with Gasteiger partial charge < -0.3 is 28.2 Å². The lowest BCUT2D eigenvalue weighted by Crippen LogP contribution is -2.59. The molecule has 0 aromatic heterocycles. The normalized spacial score (nSPS) is 36.6. The molecule has 1 aliphatic heterocycles. The Morgan fingerprint density at radius 1 is 0.938 bits per heavy atom. The molecule has 0 amide bonds. The van der Waals surface area contributed by atoms with Crippen molar-refractivity contribution in [2.75, 3.05) is 20.8 Å². The zero-order valence-electron chi connectivity index (χ0n) is 22.4. The number of rotatable bonds is 7. The SMILES string of the molecule is CO[C@@H]1[C@@H](OC)[C@@H]2C(=O)[C@@](C)(O)O[C@]2(CO[Si](C)(C)C(C)(C)C)[C@H]1O[Si](C)(C)C(C)(C)C. The van der Waals surface area contributed by atoms with Gasteiger partial charge in [-0.1, -0.05) is 41.5 Å². The fraction of sp³-hybridized carbons (Fsp3) is 0.957. The zero-order chi connectivity index (χ0) is 25.1. The van der Waals surface area contributed by atoms with Crippen LogP contribution in [0.25, 0.3) is 0 Å². The van der Waals surface area contributed by atoms with E-state index in [1.807, 2.05) is 0 Å². The fourth-order valence-corrected chi connectivity index (χ4v) is 6.54. The maximum atomic E-state index is 13.4. The minimum Gasteiger partial charge on any atom is -0.414 e. The second-order valence-electron chi connectivity index (χ2n) is 12.6. The van der Waals surface area contributed by atoms with Crippen molar-refractivity contribution in [3.63, 3.8) is 0 Å². The Bertz CT molecular complexity index is 708. The highest BCUT2D eigenvalue weighted by Crippen LogP contribution is 2.54. The van der Waals surface area contributed by atoms with Crippen molar-refractivity contribution in [1.82, 2.24) is 0 Å². The first-order chi connectivity index (χ1) is 14.2. The molecule has 1 heterocycles. The van der Waals surface area contributed by atoms with E-state index in [0.29, 0.717) is 0 Å². The first-order valence-corrected chi connectivity index (χ1v) is 17.3. The molecule has 1 saturated heterocycles. The van der Waals surface area contributed by atoms with Crippen LogP contribution in [-0.4, -0.2) is 78.1 Å². The second-order valence-corrected chi connectivity index (χ2v) is 22.2. The van der Waals surface area contributed by atoms with Crippen molar-refractivity contribution in [1.29, 1.82) is 0 Å². The third kappa shape index (κ3) is 4.56. The molecule has 188 valence electrons. The van der Waals surface area contributed by atoms with E-state index in [-0.39, 0.29) is 16.7 Å². The van der Waals surface area contributed by atoms with E-state index in [0.717, 1.165) is 0 Å². The van der Waals surface area contributed by atoms with Gasteiger partial charge in [-0.2, -0.15) is 0 Å². The molecule has 0 unspecified atom stereocenters. The van der Waals surface area contributed by atoms with Crippen LogP contribution in [0, 0.1) is 5.92 Å². The number of hydrogen-bond acceptors (Lipinski definition) is 7. The molecule has 6 atom stereocenters. The van der Waals surface area contributed by atoms with Gasteiger partial charge in [0.25, 0.3) is 0 Å². The number of ketones is 1. The summed E-state index contributed by atoms with van der Waals surface area (Å²) in [4.78, 5) is 13.4.